The zero-order chi connectivity index (χ0) is 12.5. The van der Waals surface area contributed by atoms with Gasteiger partial charge in [0, 0.05) is 0 Å². The molecule has 0 unspecified atom stereocenters. The van der Waals surface area contributed by atoms with E-state index in [2.05, 4.69) is 0 Å². The molecule has 5 heteroatoms. The predicted molar refractivity (Wildman–Crippen MR) is 64.6 cm³/mol. The SMILES string of the molecule is O=C(O)c1ccc(C2=CCS(=O)(=O)CC2)cc1. The average molecular weight is 252 g/mol. The van der Waals surface area contributed by atoms with E-state index in [0.29, 0.717) is 6.42 Å². The fraction of sp³-hybridized carbons (Fsp3) is 0.250. The van der Waals surface area contributed by atoms with E-state index in [1.165, 1.54) is 12.1 Å². The van der Waals surface area contributed by atoms with Gasteiger partial charge in [-0.25, -0.2) is 13.2 Å². The van der Waals surface area contributed by atoms with Gasteiger partial charge in [-0.05, 0) is 29.7 Å². The molecule has 0 saturated carbocycles. The van der Waals surface area contributed by atoms with Crippen LogP contribution in [0.1, 0.15) is 22.3 Å². The molecule has 0 fully saturated rings. The number of carboxylic acids is 1. The third kappa shape index (κ3) is 2.74. The summed E-state index contributed by atoms with van der Waals surface area (Å²) < 4.78 is 22.5. The highest BCUT2D eigenvalue weighted by atomic mass is 32.2. The van der Waals surface area contributed by atoms with Crippen LogP contribution in [0.4, 0.5) is 0 Å². The Morgan fingerprint density at radius 3 is 2.29 bits per heavy atom. The minimum Gasteiger partial charge on any atom is -0.478 e. The van der Waals surface area contributed by atoms with Gasteiger partial charge in [-0.3, -0.25) is 0 Å². The van der Waals surface area contributed by atoms with Crippen molar-refractivity contribution in [1.29, 1.82) is 0 Å². The Labute approximate surface area is 99.5 Å². The fourth-order valence-corrected chi connectivity index (χ4v) is 2.92. The van der Waals surface area contributed by atoms with Crippen molar-refractivity contribution >= 4 is 21.4 Å². The molecule has 0 aromatic heterocycles. The summed E-state index contributed by atoms with van der Waals surface area (Å²) >= 11 is 0. The van der Waals surface area contributed by atoms with Crippen molar-refractivity contribution in [2.45, 2.75) is 6.42 Å². The summed E-state index contributed by atoms with van der Waals surface area (Å²) in [4.78, 5) is 10.7. The first-order chi connectivity index (χ1) is 7.98. The van der Waals surface area contributed by atoms with Gasteiger partial charge >= 0.3 is 5.97 Å². The maximum atomic E-state index is 11.2. The molecule has 0 bridgehead atoms. The summed E-state index contributed by atoms with van der Waals surface area (Å²) in [5, 5.41) is 8.76. The molecule has 0 saturated heterocycles. The lowest BCUT2D eigenvalue weighted by molar-refractivity contribution is 0.0697. The number of sulfone groups is 1. The average Bonchev–Trinajstić information content (AvgIpc) is 2.29. The lowest BCUT2D eigenvalue weighted by Crippen LogP contribution is -2.14. The summed E-state index contributed by atoms with van der Waals surface area (Å²) in [7, 11) is -2.92. The van der Waals surface area contributed by atoms with Crippen LogP contribution in [-0.4, -0.2) is 31.0 Å². The summed E-state index contributed by atoms with van der Waals surface area (Å²) in [6.07, 6.45) is 2.20. The zero-order valence-electron chi connectivity index (χ0n) is 9.09. The number of hydrogen-bond acceptors (Lipinski definition) is 3. The molecule has 1 N–H and O–H groups in total. The quantitative estimate of drug-likeness (QED) is 0.867. The maximum absolute atomic E-state index is 11.2. The topological polar surface area (TPSA) is 71.4 Å². The molecule has 2 rings (SSSR count). The van der Waals surface area contributed by atoms with Crippen LogP contribution in [0, 0.1) is 0 Å². The third-order valence-electron chi connectivity index (χ3n) is 2.77. The molecule has 1 aromatic rings. The second kappa shape index (κ2) is 4.33. The van der Waals surface area contributed by atoms with Crippen molar-refractivity contribution in [2.75, 3.05) is 11.5 Å². The number of carbonyl (C=O) groups is 1. The van der Waals surface area contributed by atoms with Gasteiger partial charge in [0.1, 0.15) is 0 Å². The van der Waals surface area contributed by atoms with Crippen LogP contribution in [0.5, 0.6) is 0 Å². The minimum atomic E-state index is -2.92. The van der Waals surface area contributed by atoms with Gasteiger partial charge in [0.2, 0.25) is 0 Å². The summed E-state index contributed by atoms with van der Waals surface area (Å²) in [5.41, 5.74) is 2.10. The highest BCUT2D eigenvalue weighted by Gasteiger charge is 2.17. The molecule has 90 valence electrons. The molecule has 1 heterocycles. The normalized spacial score (nSPS) is 18.5. The van der Waals surface area contributed by atoms with Crippen molar-refractivity contribution in [3.05, 3.63) is 41.5 Å². The number of rotatable bonds is 2. The molecule has 4 nitrogen and oxygen atoms in total. The highest BCUT2D eigenvalue weighted by molar-refractivity contribution is 7.91. The number of hydrogen-bond donors (Lipinski definition) is 1. The van der Waals surface area contributed by atoms with Crippen molar-refractivity contribution in [3.8, 4) is 0 Å². The van der Waals surface area contributed by atoms with Crippen LogP contribution < -0.4 is 0 Å². The van der Waals surface area contributed by atoms with Crippen LogP contribution in [-0.2, 0) is 9.84 Å². The number of allylic oxidation sites excluding steroid dienone is 1. The Morgan fingerprint density at radius 2 is 1.82 bits per heavy atom. The van der Waals surface area contributed by atoms with Crippen molar-refractivity contribution < 1.29 is 18.3 Å². The number of aromatic carboxylic acids is 1. The van der Waals surface area contributed by atoms with E-state index in [-0.39, 0.29) is 17.1 Å². The van der Waals surface area contributed by atoms with Crippen LogP contribution >= 0.6 is 0 Å². The van der Waals surface area contributed by atoms with Crippen molar-refractivity contribution in [3.63, 3.8) is 0 Å². The molecule has 0 aliphatic carbocycles. The largest absolute Gasteiger partial charge is 0.478 e. The Hall–Kier alpha value is -1.62. The number of carboxylic acid groups (broad SMARTS) is 1. The van der Waals surface area contributed by atoms with Gasteiger partial charge in [0.15, 0.2) is 9.84 Å². The molecule has 17 heavy (non-hydrogen) atoms. The van der Waals surface area contributed by atoms with Gasteiger partial charge in [-0.2, -0.15) is 0 Å². The molecule has 1 aromatic carbocycles. The van der Waals surface area contributed by atoms with E-state index in [0.717, 1.165) is 11.1 Å². The lowest BCUT2D eigenvalue weighted by Gasteiger charge is -2.13. The van der Waals surface area contributed by atoms with E-state index in [4.69, 9.17) is 5.11 Å². The molecule has 0 spiro atoms. The Kier molecular flexibility index (Phi) is 3.02. The van der Waals surface area contributed by atoms with Crippen LogP contribution in [0.2, 0.25) is 0 Å². The second-order valence-corrected chi connectivity index (χ2v) is 6.20. The number of benzene rings is 1. The molecule has 0 atom stereocenters. The smallest absolute Gasteiger partial charge is 0.335 e. The maximum Gasteiger partial charge on any atom is 0.335 e. The fourth-order valence-electron chi connectivity index (χ4n) is 1.77. The molecule has 0 amide bonds. The van der Waals surface area contributed by atoms with E-state index in [9.17, 15) is 13.2 Å². The first-order valence-corrected chi connectivity index (χ1v) is 7.03. The first-order valence-electron chi connectivity index (χ1n) is 5.21. The summed E-state index contributed by atoms with van der Waals surface area (Å²) in [5.74, 6) is -0.723. The third-order valence-corrected chi connectivity index (χ3v) is 4.27. The van der Waals surface area contributed by atoms with Gasteiger partial charge in [0.05, 0.1) is 17.1 Å². The monoisotopic (exact) mass is 252 g/mol. The van der Waals surface area contributed by atoms with Gasteiger partial charge in [-0.15, -0.1) is 0 Å². The first kappa shape index (κ1) is 11.9. The van der Waals surface area contributed by atoms with Crippen LogP contribution in [0.15, 0.2) is 30.3 Å². The molecular formula is C12H12O4S. The summed E-state index contributed by atoms with van der Waals surface area (Å²) in [6, 6.07) is 6.49. The van der Waals surface area contributed by atoms with Crippen LogP contribution in [0.3, 0.4) is 0 Å². The standard InChI is InChI=1S/C12H12O4S/c13-12(14)11-3-1-9(2-4-11)10-5-7-17(15,16)8-6-10/h1-5H,6-8H2,(H,13,14). The van der Waals surface area contributed by atoms with Crippen molar-refractivity contribution in [1.82, 2.24) is 0 Å². The predicted octanol–water partition coefficient (Wildman–Crippen LogP) is 1.59. The van der Waals surface area contributed by atoms with Crippen LogP contribution in [0.25, 0.3) is 5.57 Å². The van der Waals surface area contributed by atoms with E-state index < -0.39 is 15.8 Å². The van der Waals surface area contributed by atoms with E-state index in [1.54, 1.807) is 18.2 Å². The van der Waals surface area contributed by atoms with Gasteiger partial charge in [-0.1, -0.05) is 18.2 Å². The summed E-state index contributed by atoms with van der Waals surface area (Å²) in [6.45, 7) is 0. The van der Waals surface area contributed by atoms with E-state index >= 15 is 0 Å². The second-order valence-electron chi connectivity index (χ2n) is 3.98. The van der Waals surface area contributed by atoms with Gasteiger partial charge in [0.25, 0.3) is 0 Å². The minimum absolute atomic E-state index is 0.0724. The Balaban J connectivity index is 2.25. The lowest BCUT2D eigenvalue weighted by atomic mass is 10.0. The molecule has 1 aliphatic rings. The highest BCUT2D eigenvalue weighted by Crippen LogP contribution is 2.23. The zero-order valence-corrected chi connectivity index (χ0v) is 9.90. The van der Waals surface area contributed by atoms with E-state index in [1.807, 2.05) is 0 Å². The van der Waals surface area contributed by atoms with Gasteiger partial charge < -0.3 is 5.11 Å². The van der Waals surface area contributed by atoms with Crippen molar-refractivity contribution in [2.24, 2.45) is 0 Å². The molecule has 0 radical (unpaired) electrons. The molecular weight excluding hydrogens is 240 g/mol. The Bertz CT molecular complexity index is 567. The molecule has 1 aliphatic heterocycles. The Morgan fingerprint density at radius 1 is 1.18 bits per heavy atom.